The SMILES string of the molecule is COc1cc(Cc2ccc(C(=O)C3=C(O)C(=O)N(C(C)C)C3)o2)ccc1F. The van der Waals surface area contributed by atoms with Gasteiger partial charge in [-0.25, -0.2) is 4.39 Å². The highest BCUT2D eigenvalue weighted by atomic mass is 19.1. The predicted octanol–water partition coefficient (Wildman–Crippen LogP) is 3.26. The monoisotopic (exact) mass is 373 g/mol. The Bertz CT molecular complexity index is 928. The number of hydrogen-bond donors (Lipinski definition) is 1. The highest BCUT2D eigenvalue weighted by Gasteiger charge is 2.36. The molecule has 1 aliphatic rings. The number of ether oxygens (including phenoxy) is 1. The van der Waals surface area contributed by atoms with Gasteiger partial charge in [-0.3, -0.25) is 9.59 Å². The Morgan fingerprint density at radius 3 is 2.70 bits per heavy atom. The van der Waals surface area contributed by atoms with Crippen LogP contribution in [0.2, 0.25) is 0 Å². The van der Waals surface area contributed by atoms with Crippen molar-refractivity contribution in [2.24, 2.45) is 0 Å². The molecule has 0 atom stereocenters. The van der Waals surface area contributed by atoms with Crippen LogP contribution < -0.4 is 4.74 Å². The van der Waals surface area contributed by atoms with Crippen molar-refractivity contribution in [1.82, 2.24) is 4.90 Å². The zero-order chi connectivity index (χ0) is 19.7. The molecule has 0 aliphatic carbocycles. The third-order valence-corrected chi connectivity index (χ3v) is 4.45. The Morgan fingerprint density at radius 2 is 2.07 bits per heavy atom. The van der Waals surface area contributed by atoms with Crippen LogP contribution in [-0.4, -0.2) is 41.4 Å². The maximum Gasteiger partial charge on any atom is 0.289 e. The molecule has 1 aromatic carbocycles. The zero-order valence-corrected chi connectivity index (χ0v) is 15.3. The van der Waals surface area contributed by atoms with Crippen molar-refractivity contribution in [3.63, 3.8) is 0 Å². The lowest BCUT2D eigenvalue weighted by molar-refractivity contribution is -0.129. The summed E-state index contributed by atoms with van der Waals surface area (Å²) in [6, 6.07) is 7.47. The summed E-state index contributed by atoms with van der Waals surface area (Å²) in [6.07, 6.45) is 0.339. The standard InChI is InChI=1S/C20H20FNO5/c1-11(2)22-10-14(19(24)20(22)25)18(23)16-7-5-13(27-16)8-12-4-6-15(21)17(9-12)26-3/h4-7,9,11,24H,8,10H2,1-3H3. The predicted molar refractivity (Wildman–Crippen MR) is 95.3 cm³/mol. The van der Waals surface area contributed by atoms with E-state index in [0.29, 0.717) is 12.2 Å². The lowest BCUT2D eigenvalue weighted by Crippen LogP contribution is -2.34. The molecule has 1 aromatic heterocycles. The number of carbonyl (C=O) groups excluding carboxylic acids is 2. The van der Waals surface area contributed by atoms with Gasteiger partial charge >= 0.3 is 0 Å². The molecule has 2 aromatic rings. The van der Waals surface area contributed by atoms with Gasteiger partial charge in [-0.15, -0.1) is 0 Å². The minimum Gasteiger partial charge on any atom is -0.503 e. The summed E-state index contributed by atoms with van der Waals surface area (Å²) in [7, 11) is 1.38. The number of methoxy groups -OCH3 is 1. The first-order valence-electron chi connectivity index (χ1n) is 8.50. The summed E-state index contributed by atoms with van der Waals surface area (Å²) in [5.41, 5.74) is 0.781. The van der Waals surface area contributed by atoms with Crippen LogP contribution in [0, 0.1) is 5.82 Å². The molecule has 3 rings (SSSR count). The molecule has 0 spiro atoms. The Kier molecular flexibility index (Phi) is 5.03. The Hall–Kier alpha value is -3.09. The fourth-order valence-corrected chi connectivity index (χ4v) is 2.94. The Balaban J connectivity index is 1.78. The molecule has 2 heterocycles. The lowest BCUT2D eigenvalue weighted by Gasteiger charge is -2.20. The first kappa shape index (κ1) is 18.7. The maximum atomic E-state index is 13.5. The van der Waals surface area contributed by atoms with E-state index in [1.54, 1.807) is 32.0 Å². The van der Waals surface area contributed by atoms with Crippen LogP contribution in [0.15, 0.2) is 46.1 Å². The van der Waals surface area contributed by atoms with Crippen LogP contribution in [0.5, 0.6) is 5.75 Å². The second kappa shape index (κ2) is 7.26. The van der Waals surface area contributed by atoms with Crippen molar-refractivity contribution >= 4 is 11.7 Å². The highest BCUT2D eigenvalue weighted by molar-refractivity contribution is 6.14. The fraction of sp³-hybridized carbons (Fsp3) is 0.300. The molecule has 27 heavy (non-hydrogen) atoms. The normalized spacial score (nSPS) is 14.4. The van der Waals surface area contributed by atoms with Gasteiger partial charge in [0.1, 0.15) is 5.76 Å². The molecule has 0 fully saturated rings. The van der Waals surface area contributed by atoms with Crippen LogP contribution in [0.1, 0.15) is 35.7 Å². The number of amides is 1. The van der Waals surface area contributed by atoms with E-state index in [2.05, 4.69) is 0 Å². The van der Waals surface area contributed by atoms with E-state index >= 15 is 0 Å². The van der Waals surface area contributed by atoms with Crippen LogP contribution >= 0.6 is 0 Å². The summed E-state index contributed by atoms with van der Waals surface area (Å²) in [4.78, 5) is 26.1. The largest absolute Gasteiger partial charge is 0.503 e. The minimum atomic E-state index is -0.557. The first-order chi connectivity index (χ1) is 12.8. The Labute approximate surface area is 155 Å². The van der Waals surface area contributed by atoms with Gasteiger partial charge < -0.3 is 19.2 Å². The maximum absolute atomic E-state index is 13.5. The van der Waals surface area contributed by atoms with E-state index in [0.717, 1.165) is 5.56 Å². The molecule has 1 aliphatic heterocycles. The van der Waals surface area contributed by atoms with Crippen molar-refractivity contribution in [3.05, 3.63) is 64.6 Å². The number of halogens is 1. The number of furan rings is 1. The fourth-order valence-electron chi connectivity index (χ4n) is 2.94. The van der Waals surface area contributed by atoms with Crippen molar-refractivity contribution in [1.29, 1.82) is 0 Å². The molecule has 0 radical (unpaired) electrons. The molecular formula is C20H20FNO5. The number of nitrogens with zero attached hydrogens (tertiary/aromatic N) is 1. The average molecular weight is 373 g/mol. The van der Waals surface area contributed by atoms with E-state index in [9.17, 15) is 19.1 Å². The van der Waals surface area contributed by atoms with Gasteiger partial charge in [0.15, 0.2) is 23.1 Å². The number of Topliss-reactive ketones (excluding diaryl/α,β-unsaturated/α-hetero) is 1. The van der Waals surface area contributed by atoms with Crippen molar-refractivity contribution in [3.8, 4) is 5.75 Å². The molecule has 7 heteroatoms. The van der Waals surface area contributed by atoms with Gasteiger partial charge in [0.05, 0.1) is 19.2 Å². The summed E-state index contributed by atoms with van der Waals surface area (Å²) in [5, 5.41) is 10.0. The summed E-state index contributed by atoms with van der Waals surface area (Å²) >= 11 is 0. The van der Waals surface area contributed by atoms with Gasteiger partial charge in [0.25, 0.3) is 5.91 Å². The average Bonchev–Trinajstić information content (AvgIpc) is 3.22. The van der Waals surface area contributed by atoms with Gasteiger partial charge in [-0.1, -0.05) is 6.07 Å². The van der Waals surface area contributed by atoms with Gasteiger partial charge in [-0.05, 0) is 43.7 Å². The number of rotatable bonds is 6. The number of carbonyl (C=O) groups is 2. The Morgan fingerprint density at radius 1 is 1.33 bits per heavy atom. The summed E-state index contributed by atoms with van der Waals surface area (Å²) in [5.74, 6) is -1.40. The number of benzene rings is 1. The molecule has 0 saturated heterocycles. The third kappa shape index (κ3) is 3.58. The number of aliphatic hydroxyl groups excluding tert-OH is 1. The molecule has 0 unspecified atom stereocenters. The number of aliphatic hydroxyl groups is 1. The summed E-state index contributed by atoms with van der Waals surface area (Å²) in [6.45, 7) is 3.66. The van der Waals surface area contributed by atoms with Crippen molar-refractivity contribution in [2.45, 2.75) is 26.3 Å². The molecule has 142 valence electrons. The van der Waals surface area contributed by atoms with Crippen molar-refractivity contribution < 1.29 is 28.2 Å². The van der Waals surface area contributed by atoms with Gasteiger partial charge in [0.2, 0.25) is 5.78 Å². The van der Waals surface area contributed by atoms with E-state index < -0.39 is 23.3 Å². The smallest absolute Gasteiger partial charge is 0.289 e. The molecule has 6 nitrogen and oxygen atoms in total. The second-order valence-electron chi connectivity index (χ2n) is 6.59. The molecule has 1 amide bonds. The van der Waals surface area contributed by atoms with Gasteiger partial charge in [-0.2, -0.15) is 0 Å². The van der Waals surface area contributed by atoms with E-state index in [1.165, 1.54) is 24.1 Å². The van der Waals surface area contributed by atoms with Crippen molar-refractivity contribution in [2.75, 3.05) is 13.7 Å². The van der Waals surface area contributed by atoms with Crippen LogP contribution in [0.4, 0.5) is 4.39 Å². The summed E-state index contributed by atoms with van der Waals surface area (Å²) < 4.78 is 24.0. The third-order valence-electron chi connectivity index (χ3n) is 4.45. The van der Waals surface area contributed by atoms with E-state index in [4.69, 9.17) is 9.15 Å². The van der Waals surface area contributed by atoms with Crippen LogP contribution in [0.3, 0.4) is 0 Å². The minimum absolute atomic E-state index is 0.0260. The zero-order valence-electron chi connectivity index (χ0n) is 15.3. The number of ketones is 1. The highest BCUT2D eigenvalue weighted by Crippen LogP contribution is 2.25. The van der Waals surface area contributed by atoms with E-state index in [-0.39, 0.29) is 29.7 Å². The molecular weight excluding hydrogens is 353 g/mol. The van der Waals surface area contributed by atoms with Gasteiger partial charge in [0, 0.05) is 12.5 Å². The molecule has 0 saturated carbocycles. The lowest BCUT2D eigenvalue weighted by atomic mass is 10.1. The topological polar surface area (TPSA) is 80.0 Å². The second-order valence-corrected chi connectivity index (χ2v) is 6.59. The molecule has 1 N–H and O–H groups in total. The quantitative estimate of drug-likeness (QED) is 0.786. The number of hydrogen-bond acceptors (Lipinski definition) is 5. The first-order valence-corrected chi connectivity index (χ1v) is 8.50. The van der Waals surface area contributed by atoms with Crippen LogP contribution in [0.25, 0.3) is 0 Å². The van der Waals surface area contributed by atoms with E-state index in [1.807, 2.05) is 0 Å². The van der Waals surface area contributed by atoms with Crippen LogP contribution in [-0.2, 0) is 11.2 Å². The molecule has 0 bridgehead atoms.